The summed E-state index contributed by atoms with van der Waals surface area (Å²) in [7, 11) is 0. The van der Waals surface area contributed by atoms with Crippen molar-refractivity contribution >= 4 is 6.21 Å². The Bertz CT molecular complexity index is 132. The zero-order chi connectivity index (χ0) is 7.11. The zero-order valence-corrected chi connectivity index (χ0v) is 6.09. The molecule has 0 heterocycles. The predicted molar refractivity (Wildman–Crippen MR) is 42.7 cm³/mol. The summed E-state index contributed by atoms with van der Waals surface area (Å²) < 4.78 is 0. The van der Waals surface area contributed by atoms with Gasteiger partial charge >= 0.3 is 0 Å². The van der Waals surface area contributed by atoms with E-state index in [-0.39, 0.29) is 0 Å². The van der Waals surface area contributed by atoms with Crippen molar-refractivity contribution in [2.45, 2.75) is 20.3 Å². The van der Waals surface area contributed by atoms with Gasteiger partial charge in [-0.05, 0) is 19.4 Å². The second-order valence-corrected chi connectivity index (χ2v) is 1.63. The van der Waals surface area contributed by atoms with E-state index in [1.165, 1.54) is 0 Å². The number of hydrogen-bond acceptors (Lipinski definition) is 1. The van der Waals surface area contributed by atoms with E-state index in [2.05, 4.69) is 18.5 Å². The summed E-state index contributed by atoms with van der Waals surface area (Å²) in [4.78, 5) is 4.10. The normalized spacial score (nSPS) is 12.4. The molecule has 0 spiro atoms. The molecule has 0 rings (SSSR count). The summed E-state index contributed by atoms with van der Waals surface area (Å²) in [6, 6.07) is 0. The third-order valence-corrected chi connectivity index (χ3v) is 0.967. The van der Waals surface area contributed by atoms with Crippen molar-refractivity contribution in [2.24, 2.45) is 4.99 Å². The highest BCUT2D eigenvalue weighted by Crippen LogP contribution is 2.00. The Morgan fingerprint density at radius 3 is 2.67 bits per heavy atom. The van der Waals surface area contributed by atoms with Gasteiger partial charge in [-0.2, -0.15) is 0 Å². The van der Waals surface area contributed by atoms with Crippen LogP contribution in [-0.2, 0) is 0 Å². The third-order valence-electron chi connectivity index (χ3n) is 0.967. The molecule has 0 fully saturated rings. The van der Waals surface area contributed by atoms with Crippen LogP contribution in [0.4, 0.5) is 0 Å². The Balaban J connectivity index is 3.96. The van der Waals surface area contributed by atoms with Crippen molar-refractivity contribution in [3.05, 3.63) is 24.4 Å². The van der Waals surface area contributed by atoms with Crippen molar-refractivity contribution in [3.63, 3.8) is 0 Å². The minimum Gasteiger partial charge on any atom is -0.266 e. The van der Waals surface area contributed by atoms with E-state index in [0.717, 1.165) is 12.1 Å². The van der Waals surface area contributed by atoms with Crippen LogP contribution in [0.1, 0.15) is 20.3 Å². The van der Waals surface area contributed by atoms with Gasteiger partial charge in [0.1, 0.15) is 0 Å². The molecule has 0 saturated carbocycles. The maximum Gasteiger partial charge on any atom is 0.0396 e. The van der Waals surface area contributed by atoms with Crippen molar-refractivity contribution in [2.75, 3.05) is 0 Å². The minimum atomic E-state index is 0.969. The number of rotatable bonds is 3. The van der Waals surface area contributed by atoms with E-state index in [1.807, 2.05) is 13.0 Å². The molecule has 0 bridgehead atoms. The van der Waals surface area contributed by atoms with E-state index >= 15 is 0 Å². The van der Waals surface area contributed by atoms with Crippen LogP contribution in [0.5, 0.6) is 0 Å². The Morgan fingerprint density at radius 1 is 1.67 bits per heavy atom. The Kier molecular flexibility index (Phi) is 4.79. The maximum absolute atomic E-state index is 4.10. The van der Waals surface area contributed by atoms with Gasteiger partial charge in [-0.25, -0.2) is 0 Å². The molecule has 1 heteroatoms. The lowest BCUT2D eigenvalue weighted by Gasteiger charge is -1.90. The Hall–Kier alpha value is -0.850. The second-order valence-electron chi connectivity index (χ2n) is 1.63. The van der Waals surface area contributed by atoms with Crippen molar-refractivity contribution in [1.82, 2.24) is 0 Å². The quantitative estimate of drug-likeness (QED) is 0.404. The summed E-state index contributed by atoms with van der Waals surface area (Å²) >= 11 is 0. The lowest BCUT2D eigenvalue weighted by Crippen LogP contribution is -1.72. The van der Waals surface area contributed by atoms with Gasteiger partial charge in [-0.1, -0.05) is 19.6 Å². The summed E-state index contributed by atoms with van der Waals surface area (Å²) in [6.07, 6.45) is 6.43. The number of hydrogen-bond donors (Lipinski definition) is 0. The molecule has 1 nitrogen and oxygen atoms in total. The van der Waals surface area contributed by atoms with E-state index in [9.17, 15) is 0 Å². The third kappa shape index (κ3) is 3.71. The fourth-order valence-corrected chi connectivity index (χ4v) is 0.554. The first-order valence-electron chi connectivity index (χ1n) is 3.15. The highest BCUT2D eigenvalue weighted by Gasteiger charge is 1.82. The van der Waals surface area contributed by atoms with Gasteiger partial charge in [0.25, 0.3) is 0 Å². The number of nitrogens with zero attached hydrogens (tertiary/aromatic N) is 1. The number of aliphatic imine (C=N–C) groups is 1. The van der Waals surface area contributed by atoms with Gasteiger partial charge < -0.3 is 0 Å². The van der Waals surface area contributed by atoms with E-state index in [1.54, 1.807) is 12.3 Å². The molecular formula is C8H13N. The van der Waals surface area contributed by atoms with Crippen LogP contribution in [0, 0.1) is 0 Å². The fourth-order valence-electron chi connectivity index (χ4n) is 0.554. The van der Waals surface area contributed by atoms with Crippen LogP contribution in [0.3, 0.4) is 0 Å². The van der Waals surface area contributed by atoms with Gasteiger partial charge in [0.2, 0.25) is 0 Å². The topological polar surface area (TPSA) is 12.4 Å². The summed E-state index contributed by atoms with van der Waals surface area (Å²) in [6.45, 7) is 7.56. The van der Waals surface area contributed by atoms with Crippen LogP contribution in [0.15, 0.2) is 29.4 Å². The van der Waals surface area contributed by atoms with Gasteiger partial charge in [-0.3, -0.25) is 4.99 Å². The lowest BCUT2D eigenvalue weighted by molar-refractivity contribution is 1.07. The molecule has 0 saturated heterocycles. The van der Waals surface area contributed by atoms with Gasteiger partial charge in [0, 0.05) is 11.9 Å². The summed E-state index contributed by atoms with van der Waals surface area (Å²) in [5, 5.41) is 0. The average molecular weight is 123 g/mol. The van der Waals surface area contributed by atoms with Gasteiger partial charge in [-0.15, -0.1) is 0 Å². The second kappa shape index (κ2) is 5.29. The van der Waals surface area contributed by atoms with Crippen LogP contribution >= 0.6 is 0 Å². The molecule has 50 valence electrons. The number of allylic oxidation sites excluding steroid dienone is 3. The molecule has 0 aliphatic carbocycles. The van der Waals surface area contributed by atoms with E-state index in [4.69, 9.17) is 0 Å². The predicted octanol–water partition coefficient (Wildman–Crippen LogP) is 2.56. The van der Waals surface area contributed by atoms with Crippen molar-refractivity contribution in [1.29, 1.82) is 0 Å². The maximum atomic E-state index is 4.10. The highest BCUT2D eigenvalue weighted by molar-refractivity contribution is 5.55. The van der Waals surface area contributed by atoms with Crippen molar-refractivity contribution < 1.29 is 0 Å². The Morgan fingerprint density at radius 2 is 2.33 bits per heavy atom. The highest BCUT2D eigenvalue weighted by atomic mass is 14.7. The van der Waals surface area contributed by atoms with E-state index in [0.29, 0.717) is 0 Å². The molecule has 0 atom stereocenters. The summed E-state index contributed by atoms with van der Waals surface area (Å²) in [5.74, 6) is 0. The fraction of sp³-hybridized carbons (Fsp3) is 0.375. The van der Waals surface area contributed by atoms with Crippen molar-refractivity contribution in [3.8, 4) is 0 Å². The molecule has 0 aromatic rings. The smallest absolute Gasteiger partial charge is 0.0396 e. The first kappa shape index (κ1) is 8.15. The largest absolute Gasteiger partial charge is 0.266 e. The van der Waals surface area contributed by atoms with Gasteiger partial charge in [0.15, 0.2) is 0 Å². The van der Waals surface area contributed by atoms with Crippen LogP contribution in [0.25, 0.3) is 0 Å². The average Bonchev–Trinajstić information content (AvgIpc) is 1.88. The van der Waals surface area contributed by atoms with Crippen LogP contribution < -0.4 is 0 Å². The molecular weight excluding hydrogens is 110 g/mol. The molecule has 0 aromatic carbocycles. The summed E-state index contributed by atoms with van der Waals surface area (Å²) in [5.41, 5.74) is 1.08. The minimum absolute atomic E-state index is 0.969. The van der Waals surface area contributed by atoms with Crippen LogP contribution in [-0.4, -0.2) is 6.21 Å². The lowest BCUT2D eigenvalue weighted by atomic mass is 10.3. The molecule has 0 aromatic heterocycles. The molecule has 0 aliphatic heterocycles. The molecule has 0 N–H and O–H groups in total. The molecule has 9 heavy (non-hydrogen) atoms. The molecule has 0 radical (unpaired) electrons. The Labute approximate surface area is 56.8 Å². The first-order valence-corrected chi connectivity index (χ1v) is 3.15. The molecule has 0 amide bonds. The standard InChI is InChI=1S/C8H13N/c1-4-7-8(5-2)9-6-3/h4,6-7H,1,5H2,2-3H3/b8-7-,9-6-. The molecule has 0 unspecified atom stereocenters. The SMILES string of the molecule is C=C/C=C(CC)\N=C/C. The first-order chi connectivity index (χ1) is 4.35. The van der Waals surface area contributed by atoms with E-state index < -0.39 is 0 Å². The van der Waals surface area contributed by atoms with Crippen LogP contribution in [0.2, 0.25) is 0 Å². The zero-order valence-electron chi connectivity index (χ0n) is 6.09. The molecule has 0 aliphatic rings. The monoisotopic (exact) mass is 123 g/mol. The van der Waals surface area contributed by atoms with Gasteiger partial charge in [0.05, 0.1) is 0 Å².